The van der Waals surface area contributed by atoms with E-state index in [2.05, 4.69) is 15.6 Å². The highest BCUT2D eigenvalue weighted by atomic mass is 19.4. The molecule has 2 aromatic rings. The van der Waals surface area contributed by atoms with E-state index in [0.717, 1.165) is 10.9 Å². The Bertz CT molecular complexity index is 652. The average molecular weight is 298 g/mol. The monoisotopic (exact) mass is 298 g/mol. The van der Waals surface area contributed by atoms with Gasteiger partial charge in [0, 0.05) is 5.69 Å². The average Bonchev–Trinajstić information content (AvgIpc) is 2.86. The number of carbonyl (C=O) groups excluding carboxylic acids is 2. The van der Waals surface area contributed by atoms with Crippen LogP contribution in [0.25, 0.3) is 0 Å². The van der Waals surface area contributed by atoms with Crippen LogP contribution in [0.5, 0.6) is 0 Å². The molecular formula is C12H9F3N4O2. The lowest BCUT2D eigenvalue weighted by molar-refractivity contribution is -0.116. The second kappa shape index (κ2) is 5.73. The van der Waals surface area contributed by atoms with Crippen LogP contribution >= 0.6 is 0 Å². The number of alkyl halides is 3. The number of Topliss-reactive ketones (excluding diaryl/α,β-unsaturated/α-hetero) is 1. The molecule has 2 rings (SSSR count). The molecule has 0 aliphatic heterocycles. The first kappa shape index (κ1) is 14.7. The molecule has 0 fully saturated rings. The Morgan fingerprint density at radius 3 is 2.48 bits per heavy atom. The highest BCUT2D eigenvalue weighted by Gasteiger charge is 2.41. The molecule has 0 spiro atoms. The lowest BCUT2D eigenvalue weighted by Crippen LogP contribution is -2.23. The largest absolute Gasteiger partial charge is 0.456 e. The summed E-state index contributed by atoms with van der Waals surface area (Å²) in [5, 5.41) is 8.95. The number of anilines is 1. The zero-order valence-corrected chi connectivity index (χ0v) is 10.5. The van der Waals surface area contributed by atoms with E-state index in [-0.39, 0.29) is 6.54 Å². The number of halogens is 3. The van der Waals surface area contributed by atoms with Gasteiger partial charge in [-0.3, -0.25) is 9.59 Å². The first-order valence-corrected chi connectivity index (χ1v) is 5.73. The number of nitrogens with zero attached hydrogens (tertiary/aromatic N) is 3. The third-order valence-electron chi connectivity index (χ3n) is 2.39. The Hall–Kier alpha value is -2.71. The molecular weight excluding hydrogens is 289 g/mol. The summed E-state index contributed by atoms with van der Waals surface area (Å²) in [5.41, 5.74) is -0.316. The molecule has 0 bridgehead atoms. The molecule has 1 amide bonds. The molecule has 1 N–H and O–H groups in total. The van der Waals surface area contributed by atoms with E-state index >= 15 is 0 Å². The lowest BCUT2D eigenvalue weighted by Gasteiger charge is -2.04. The van der Waals surface area contributed by atoms with Crippen molar-refractivity contribution in [3.63, 3.8) is 0 Å². The van der Waals surface area contributed by atoms with Gasteiger partial charge in [-0.1, -0.05) is 23.4 Å². The van der Waals surface area contributed by atoms with Crippen LogP contribution in [0.1, 0.15) is 10.5 Å². The molecule has 1 heterocycles. The Kier molecular flexibility index (Phi) is 4.01. The first-order valence-electron chi connectivity index (χ1n) is 5.73. The fourth-order valence-electron chi connectivity index (χ4n) is 1.49. The summed E-state index contributed by atoms with van der Waals surface area (Å²) in [7, 11) is 0. The number of benzene rings is 1. The summed E-state index contributed by atoms with van der Waals surface area (Å²) >= 11 is 0. The van der Waals surface area contributed by atoms with Crippen molar-refractivity contribution in [1.29, 1.82) is 0 Å². The highest BCUT2D eigenvalue weighted by molar-refractivity contribution is 5.98. The fraction of sp³-hybridized carbons (Fsp3) is 0.167. The minimum Gasteiger partial charge on any atom is -0.324 e. The molecule has 6 nitrogen and oxygen atoms in total. The van der Waals surface area contributed by atoms with Gasteiger partial charge in [0.05, 0.1) is 6.20 Å². The summed E-state index contributed by atoms with van der Waals surface area (Å²) in [4.78, 5) is 22.6. The van der Waals surface area contributed by atoms with Gasteiger partial charge < -0.3 is 5.32 Å². The molecule has 0 unspecified atom stereocenters. The fourth-order valence-corrected chi connectivity index (χ4v) is 1.49. The third kappa shape index (κ3) is 3.88. The topological polar surface area (TPSA) is 76.9 Å². The maximum atomic E-state index is 12.2. The normalized spacial score (nSPS) is 11.2. The highest BCUT2D eigenvalue weighted by Crippen LogP contribution is 2.19. The summed E-state index contributed by atoms with van der Waals surface area (Å²) < 4.78 is 37.4. The second-order valence-electron chi connectivity index (χ2n) is 4.04. The molecule has 0 saturated carbocycles. The number of rotatable bonds is 4. The van der Waals surface area contributed by atoms with Gasteiger partial charge in [-0.2, -0.15) is 13.2 Å². The van der Waals surface area contributed by atoms with Crippen LogP contribution in [0.2, 0.25) is 0 Å². The molecule has 110 valence electrons. The molecule has 1 aromatic heterocycles. The number of hydrogen-bond donors (Lipinski definition) is 1. The van der Waals surface area contributed by atoms with Crippen LogP contribution in [0, 0.1) is 0 Å². The molecule has 0 atom stereocenters. The summed E-state index contributed by atoms with van der Waals surface area (Å²) in [6.07, 6.45) is -4.24. The van der Waals surface area contributed by atoms with Crippen LogP contribution in [0.3, 0.4) is 0 Å². The number of aromatic nitrogens is 3. The van der Waals surface area contributed by atoms with Crippen molar-refractivity contribution in [2.75, 3.05) is 5.32 Å². The molecule has 21 heavy (non-hydrogen) atoms. The van der Waals surface area contributed by atoms with E-state index < -0.39 is 23.6 Å². The summed E-state index contributed by atoms with van der Waals surface area (Å²) in [6, 6.07) is 8.49. The number of ketones is 1. The molecule has 1 aromatic carbocycles. The lowest BCUT2D eigenvalue weighted by atomic mass is 10.3. The van der Waals surface area contributed by atoms with Crippen molar-refractivity contribution in [1.82, 2.24) is 15.0 Å². The van der Waals surface area contributed by atoms with Crippen LogP contribution in [-0.2, 0) is 11.3 Å². The second-order valence-corrected chi connectivity index (χ2v) is 4.04. The van der Waals surface area contributed by atoms with Gasteiger partial charge >= 0.3 is 6.18 Å². The van der Waals surface area contributed by atoms with Gasteiger partial charge in [0.15, 0.2) is 5.69 Å². The molecule has 0 aliphatic carbocycles. The number of nitrogens with one attached hydrogen (secondary N) is 1. The van der Waals surface area contributed by atoms with E-state index in [1.807, 2.05) is 0 Å². The first-order chi connectivity index (χ1) is 9.86. The zero-order chi connectivity index (χ0) is 15.5. The van der Waals surface area contributed by atoms with Crippen LogP contribution in [0.4, 0.5) is 18.9 Å². The number of para-hydroxylation sites is 1. The Morgan fingerprint density at radius 1 is 1.19 bits per heavy atom. The van der Waals surface area contributed by atoms with Gasteiger partial charge in [-0.15, -0.1) is 5.10 Å². The third-order valence-corrected chi connectivity index (χ3v) is 2.39. The maximum Gasteiger partial charge on any atom is 0.456 e. The molecule has 0 aliphatic rings. The molecule has 0 radical (unpaired) electrons. The van der Waals surface area contributed by atoms with E-state index in [4.69, 9.17) is 0 Å². The molecule has 9 heteroatoms. The quantitative estimate of drug-likeness (QED) is 0.871. The zero-order valence-electron chi connectivity index (χ0n) is 10.5. The van der Waals surface area contributed by atoms with Gasteiger partial charge in [0.2, 0.25) is 5.91 Å². The van der Waals surface area contributed by atoms with E-state index in [9.17, 15) is 22.8 Å². The van der Waals surface area contributed by atoms with Crippen LogP contribution in [0.15, 0.2) is 36.5 Å². The number of hydrogen-bond acceptors (Lipinski definition) is 4. The Morgan fingerprint density at radius 2 is 1.86 bits per heavy atom. The SMILES string of the molecule is O=C(Cn1cc(C(=O)C(F)(F)F)nn1)Nc1ccccc1. The van der Waals surface area contributed by atoms with Crippen molar-refractivity contribution < 1.29 is 22.8 Å². The van der Waals surface area contributed by atoms with Crippen molar-refractivity contribution in [2.24, 2.45) is 0 Å². The summed E-state index contributed by atoms with van der Waals surface area (Å²) in [6.45, 7) is -0.354. The predicted molar refractivity (Wildman–Crippen MR) is 65.5 cm³/mol. The smallest absolute Gasteiger partial charge is 0.324 e. The van der Waals surface area contributed by atoms with Crippen molar-refractivity contribution >= 4 is 17.4 Å². The Labute approximate surface area is 116 Å². The maximum absolute atomic E-state index is 12.2. The van der Waals surface area contributed by atoms with E-state index in [0.29, 0.717) is 5.69 Å². The minimum absolute atomic E-state index is 0.354. The standard InChI is InChI=1S/C12H9F3N4O2/c13-12(14,15)11(21)9-6-19(18-17-9)7-10(20)16-8-4-2-1-3-5-8/h1-6H,7H2,(H,16,20). The van der Waals surface area contributed by atoms with Crippen molar-refractivity contribution in [3.05, 3.63) is 42.2 Å². The van der Waals surface area contributed by atoms with Gasteiger partial charge in [-0.05, 0) is 12.1 Å². The van der Waals surface area contributed by atoms with Crippen LogP contribution in [-0.4, -0.2) is 32.9 Å². The summed E-state index contributed by atoms with van der Waals surface area (Å²) in [5.74, 6) is -2.60. The van der Waals surface area contributed by atoms with Gasteiger partial charge in [0.1, 0.15) is 6.54 Å². The molecule has 0 saturated heterocycles. The number of amides is 1. The predicted octanol–water partition coefficient (Wildman–Crippen LogP) is 1.66. The number of carbonyl (C=O) groups is 2. The Balaban J connectivity index is 2.00. The van der Waals surface area contributed by atoms with Crippen molar-refractivity contribution in [3.8, 4) is 0 Å². The van der Waals surface area contributed by atoms with E-state index in [1.54, 1.807) is 30.3 Å². The van der Waals surface area contributed by atoms with E-state index in [1.165, 1.54) is 0 Å². The van der Waals surface area contributed by atoms with Crippen molar-refractivity contribution in [2.45, 2.75) is 12.7 Å². The van der Waals surface area contributed by atoms with Crippen LogP contribution < -0.4 is 5.32 Å². The van der Waals surface area contributed by atoms with Gasteiger partial charge in [-0.25, -0.2) is 4.68 Å². The van der Waals surface area contributed by atoms with Gasteiger partial charge in [0.25, 0.3) is 5.78 Å². The minimum atomic E-state index is -5.02.